The third-order valence-electron chi connectivity index (χ3n) is 2.89. The van der Waals surface area contributed by atoms with Crippen molar-refractivity contribution in [2.24, 2.45) is 0 Å². The molecule has 0 aliphatic heterocycles. The zero-order chi connectivity index (χ0) is 19.2. The van der Waals surface area contributed by atoms with Gasteiger partial charge in [0.25, 0.3) is 0 Å². The fourth-order valence-corrected chi connectivity index (χ4v) is 2.68. The highest BCUT2D eigenvalue weighted by atomic mass is 32.2. The number of hydrogen-bond donors (Lipinski definition) is 1. The van der Waals surface area contributed by atoms with Crippen molar-refractivity contribution in [2.75, 3.05) is 5.75 Å². The van der Waals surface area contributed by atoms with E-state index in [1.807, 2.05) is 0 Å². The molecule has 1 N–H and O–H groups in total. The van der Waals surface area contributed by atoms with Gasteiger partial charge in [-0.2, -0.15) is 0 Å². The van der Waals surface area contributed by atoms with E-state index in [1.54, 1.807) is 25.2 Å². The van der Waals surface area contributed by atoms with Crippen molar-refractivity contribution in [3.8, 4) is 11.6 Å². The van der Waals surface area contributed by atoms with Crippen LogP contribution in [-0.4, -0.2) is 26.4 Å². The molecule has 0 unspecified atom stereocenters. The number of halogens is 3. The van der Waals surface area contributed by atoms with Crippen molar-refractivity contribution in [2.45, 2.75) is 18.4 Å². The first-order chi connectivity index (χ1) is 12.4. The minimum atomic E-state index is -4.76. The van der Waals surface area contributed by atoms with Crippen LogP contribution in [0.1, 0.15) is 6.92 Å². The van der Waals surface area contributed by atoms with E-state index in [9.17, 15) is 18.0 Å². The Kier molecular flexibility index (Phi) is 6.45. The molecule has 2 aromatic rings. The normalized spacial score (nSPS) is 12.5. The molecule has 6 nitrogen and oxygen atoms in total. The van der Waals surface area contributed by atoms with Gasteiger partial charge in [-0.05, 0) is 31.2 Å². The number of aromatic nitrogens is 3. The first-order valence-corrected chi connectivity index (χ1v) is 8.30. The largest absolute Gasteiger partial charge is 0.492 e. The van der Waals surface area contributed by atoms with E-state index in [4.69, 9.17) is 4.42 Å². The van der Waals surface area contributed by atoms with Crippen LogP contribution in [0.4, 0.5) is 13.2 Å². The number of hydrogen-bond acceptors (Lipinski definition) is 5. The number of carbonyl (C=O) groups is 1. The summed E-state index contributed by atoms with van der Waals surface area (Å²) in [5, 5.41) is 9.18. The van der Waals surface area contributed by atoms with Crippen molar-refractivity contribution in [3.05, 3.63) is 55.0 Å². The van der Waals surface area contributed by atoms with Crippen molar-refractivity contribution in [3.63, 3.8) is 0 Å². The lowest BCUT2D eigenvalue weighted by atomic mass is 10.3. The Morgan fingerprint density at radius 3 is 2.81 bits per heavy atom. The van der Waals surface area contributed by atoms with Gasteiger partial charge in [-0.1, -0.05) is 30.5 Å². The third kappa shape index (κ3) is 4.88. The van der Waals surface area contributed by atoms with Crippen molar-refractivity contribution < 1.29 is 22.4 Å². The van der Waals surface area contributed by atoms with Gasteiger partial charge in [0.1, 0.15) is 0 Å². The number of nitrogens with one attached hydrogen (secondary N) is 1. The number of thioether (sulfide) groups is 1. The van der Waals surface area contributed by atoms with E-state index in [2.05, 4.69) is 22.1 Å². The minimum Gasteiger partial charge on any atom is -0.461 e. The van der Waals surface area contributed by atoms with Crippen LogP contribution >= 0.6 is 11.8 Å². The molecule has 1 amide bonds. The van der Waals surface area contributed by atoms with E-state index < -0.39 is 23.2 Å². The van der Waals surface area contributed by atoms with Gasteiger partial charge in [0.2, 0.25) is 11.7 Å². The molecule has 0 saturated carbocycles. The Morgan fingerprint density at radius 2 is 2.23 bits per heavy atom. The molecule has 2 heterocycles. The maximum absolute atomic E-state index is 13.4. The molecule has 26 heavy (non-hydrogen) atoms. The fourth-order valence-electron chi connectivity index (χ4n) is 1.93. The second kappa shape index (κ2) is 8.56. The first-order valence-electron chi connectivity index (χ1n) is 7.31. The minimum absolute atomic E-state index is 0.0176. The second-order valence-electron chi connectivity index (χ2n) is 4.78. The molecule has 0 atom stereocenters. The van der Waals surface area contributed by atoms with Crippen molar-refractivity contribution in [1.82, 2.24) is 20.1 Å². The third-order valence-corrected chi connectivity index (χ3v) is 3.82. The van der Waals surface area contributed by atoms with Crippen LogP contribution < -0.4 is 5.32 Å². The topological polar surface area (TPSA) is 73.0 Å². The predicted octanol–water partition coefficient (Wildman–Crippen LogP) is 3.87. The number of carbonyl (C=O) groups excluding carboxylic acids is 1. The van der Waals surface area contributed by atoms with Crippen molar-refractivity contribution >= 4 is 17.7 Å². The van der Waals surface area contributed by atoms with Gasteiger partial charge in [0, 0.05) is 5.70 Å². The molecule has 10 heteroatoms. The summed E-state index contributed by atoms with van der Waals surface area (Å²) in [6.07, 6.45) is 2.87. The summed E-state index contributed by atoms with van der Waals surface area (Å²) in [5.74, 6) is -1.32. The summed E-state index contributed by atoms with van der Waals surface area (Å²) in [6, 6.07) is 2.79. The Balaban J connectivity index is 2.16. The van der Waals surface area contributed by atoms with Crippen molar-refractivity contribution in [1.29, 1.82) is 0 Å². The molecule has 0 aromatic carbocycles. The van der Waals surface area contributed by atoms with E-state index in [1.165, 1.54) is 24.5 Å². The standard InChI is InChI=1S/C16H15F3N4O2S/c1-3-6-11(7-4-2)20-13(24)10-26-15-22-21-14(12-8-5-9-25-12)23(15)16(17,18)19/h3-9H,1,10H2,2H3,(H,20,24)/b7-4-,11-6+. The van der Waals surface area contributed by atoms with Gasteiger partial charge < -0.3 is 9.73 Å². The average molecular weight is 384 g/mol. The quantitative estimate of drug-likeness (QED) is 0.580. The van der Waals surface area contributed by atoms with Crippen LogP contribution in [0.5, 0.6) is 0 Å². The molecule has 2 aromatic heterocycles. The number of amides is 1. The smallest absolute Gasteiger partial charge is 0.461 e. The molecular formula is C16H15F3N4O2S. The second-order valence-corrected chi connectivity index (χ2v) is 5.72. The predicted molar refractivity (Wildman–Crippen MR) is 91.0 cm³/mol. The van der Waals surface area contributed by atoms with Crippen LogP contribution in [0.25, 0.3) is 11.6 Å². The van der Waals surface area contributed by atoms with Gasteiger partial charge >= 0.3 is 6.30 Å². The van der Waals surface area contributed by atoms with Crippen LogP contribution in [0.3, 0.4) is 0 Å². The molecule has 138 valence electrons. The number of rotatable bonds is 7. The number of alkyl halides is 3. The van der Waals surface area contributed by atoms with Crippen LogP contribution in [-0.2, 0) is 11.1 Å². The summed E-state index contributed by atoms with van der Waals surface area (Å²) in [6.45, 7) is 5.29. The molecule has 0 radical (unpaired) electrons. The molecular weight excluding hydrogens is 369 g/mol. The average Bonchev–Trinajstić information content (AvgIpc) is 3.22. The highest BCUT2D eigenvalue weighted by Gasteiger charge is 2.38. The van der Waals surface area contributed by atoms with Crippen LogP contribution in [0, 0.1) is 0 Å². The Labute approximate surface area is 151 Å². The summed E-state index contributed by atoms with van der Waals surface area (Å²) in [4.78, 5) is 12.0. The van der Waals surface area contributed by atoms with Crippen LogP contribution in [0.2, 0.25) is 0 Å². The van der Waals surface area contributed by atoms with E-state index in [0.717, 1.165) is 0 Å². The Hall–Kier alpha value is -2.75. The summed E-state index contributed by atoms with van der Waals surface area (Å²) in [7, 11) is 0. The Morgan fingerprint density at radius 1 is 1.46 bits per heavy atom. The molecule has 0 bridgehead atoms. The zero-order valence-corrected chi connectivity index (χ0v) is 14.5. The van der Waals surface area contributed by atoms with E-state index >= 15 is 0 Å². The maximum atomic E-state index is 13.4. The van der Waals surface area contributed by atoms with E-state index in [0.29, 0.717) is 17.5 Å². The maximum Gasteiger partial charge on any atom is 0.492 e. The molecule has 2 rings (SSSR count). The fraction of sp³-hybridized carbons (Fsp3) is 0.188. The highest BCUT2D eigenvalue weighted by Crippen LogP contribution is 2.34. The number of furan rings is 1. The SMILES string of the molecule is C=C/C=C(\C=C/C)NC(=O)CSc1nnc(-c2ccco2)n1C(F)(F)F. The van der Waals surface area contributed by atoms with Gasteiger partial charge in [-0.25, -0.2) is 4.57 Å². The summed E-state index contributed by atoms with van der Waals surface area (Å²) >= 11 is 0.617. The number of nitrogens with zero attached hydrogens (tertiary/aromatic N) is 3. The zero-order valence-electron chi connectivity index (χ0n) is 13.7. The number of allylic oxidation sites excluding steroid dienone is 4. The van der Waals surface area contributed by atoms with E-state index in [-0.39, 0.29) is 16.1 Å². The molecule has 0 saturated heterocycles. The van der Waals surface area contributed by atoms with Gasteiger partial charge in [-0.3, -0.25) is 4.79 Å². The monoisotopic (exact) mass is 384 g/mol. The summed E-state index contributed by atoms with van der Waals surface area (Å²) in [5.41, 5.74) is 0.474. The molecule has 0 spiro atoms. The van der Waals surface area contributed by atoms with Gasteiger partial charge in [-0.15, -0.1) is 23.4 Å². The molecule has 0 aliphatic carbocycles. The lowest BCUT2D eigenvalue weighted by Gasteiger charge is -2.12. The van der Waals surface area contributed by atoms with Crippen LogP contribution in [0.15, 0.2) is 64.5 Å². The highest BCUT2D eigenvalue weighted by molar-refractivity contribution is 7.99. The Bertz CT molecular complexity index is 823. The lowest BCUT2D eigenvalue weighted by Crippen LogP contribution is -2.24. The first kappa shape index (κ1) is 19.6. The lowest BCUT2D eigenvalue weighted by molar-refractivity contribution is -0.208. The van der Waals surface area contributed by atoms with Gasteiger partial charge in [0.15, 0.2) is 10.9 Å². The molecule has 0 aliphatic rings. The summed E-state index contributed by atoms with van der Waals surface area (Å²) < 4.78 is 45.0. The van der Waals surface area contributed by atoms with Gasteiger partial charge in [0.05, 0.1) is 12.0 Å². The molecule has 0 fully saturated rings.